The Morgan fingerprint density at radius 2 is 2.05 bits per heavy atom. The smallest absolute Gasteiger partial charge is 0.339 e. The molecule has 1 amide bonds. The van der Waals surface area contributed by atoms with Crippen molar-refractivity contribution < 1.29 is 19.1 Å². The normalized spacial score (nSPS) is 13.0. The highest BCUT2D eigenvalue weighted by atomic mass is 35.5. The van der Waals surface area contributed by atoms with E-state index in [1.165, 1.54) is 23.5 Å². The number of aryl methyl sites for hydroxylation is 1. The molecule has 1 heterocycles. The zero-order valence-corrected chi connectivity index (χ0v) is 12.9. The number of hydrogen-bond acceptors (Lipinski definition) is 3. The van der Waals surface area contributed by atoms with Gasteiger partial charge in [-0.1, -0.05) is 17.7 Å². The number of halogens is 2. The van der Waals surface area contributed by atoms with E-state index in [0.717, 1.165) is 29.3 Å². The molecule has 22 heavy (non-hydrogen) atoms. The highest BCUT2D eigenvalue weighted by Gasteiger charge is 2.28. The maximum atomic E-state index is 13.8. The number of nitrogens with one attached hydrogen (secondary N) is 1. The molecule has 1 aliphatic carbocycles. The summed E-state index contributed by atoms with van der Waals surface area (Å²) < 4.78 is 13.8. The second-order valence-electron chi connectivity index (χ2n) is 4.92. The fourth-order valence-electron chi connectivity index (χ4n) is 2.60. The molecule has 7 heteroatoms. The first-order valence-electron chi connectivity index (χ1n) is 6.62. The molecule has 3 rings (SSSR count). The summed E-state index contributed by atoms with van der Waals surface area (Å²) in [5.74, 6) is -2.58. The average molecular weight is 340 g/mol. The number of benzene rings is 1. The van der Waals surface area contributed by atoms with E-state index in [0.29, 0.717) is 6.42 Å². The van der Waals surface area contributed by atoms with Crippen molar-refractivity contribution in [3.63, 3.8) is 0 Å². The molecule has 0 unspecified atom stereocenters. The highest BCUT2D eigenvalue weighted by molar-refractivity contribution is 7.17. The van der Waals surface area contributed by atoms with Crippen LogP contribution in [0.1, 0.15) is 37.6 Å². The van der Waals surface area contributed by atoms with Crippen LogP contribution in [0.4, 0.5) is 9.39 Å². The summed E-state index contributed by atoms with van der Waals surface area (Å²) in [6, 6.07) is 3.94. The topological polar surface area (TPSA) is 66.4 Å². The van der Waals surface area contributed by atoms with Gasteiger partial charge in [-0.2, -0.15) is 0 Å². The lowest BCUT2D eigenvalue weighted by Crippen LogP contribution is -2.16. The lowest BCUT2D eigenvalue weighted by Gasteiger charge is -2.07. The van der Waals surface area contributed by atoms with Crippen molar-refractivity contribution in [3.8, 4) is 0 Å². The number of anilines is 1. The summed E-state index contributed by atoms with van der Waals surface area (Å²) in [5.41, 5.74) is 0.597. The van der Waals surface area contributed by atoms with Crippen LogP contribution >= 0.6 is 22.9 Å². The van der Waals surface area contributed by atoms with Gasteiger partial charge in [-0.25, -0.2) is 9.18 Å². The quantitative estimate of drug-likeness (QED) is 0.888. The molecule has 2 aromatic rings. The van der Waals surface area contributed by atoms with Gasteiger partial charge in [0.2, 0.25) is 0 Å². The summed E-state index contributed by atoms with van der Waals surface area (Å²) in [4.78, 5) is 24.7. The molecular weight excluding hydrogens is 329 g/mol. The summed E-state index contributed by atoms with van der Waals surface area (Å²) in [5, 5.41) is 12.1. The molecule has 0 aliphatic heterocycles. The van der Waals surface area contributed by atoms with Crippen LogP contribution in [0.25, 0.3) is 0 Å². The Bertz CT molecular complexity index is 767. The van der Waals surface area contributed by atoms with Gasteiger partial charge in [-0.15, -0.1) is 11.3 Å². The second kappa shape index (κ2) is 5.70. The number of carbonyl (C=O) groups is 2. The van der Waals surface area contributed by atoms with Gasteiger partial charge in [0, 0.05) is 4.88 Å². The molecule has 1 aromatic carbocycles. The van der Waals surface area contributed by atoms with Gasteiger partial charge in [0.05, 0.1) is 16.1 Å². The largest absolute Gasteiger partial charge is 0.478 e. The van der Waals surface area contributed by atoms with Gasteiger partial charge in [-0.3, -0.25) is 4.79 Å². The maximum absolute atomic E-state index is 13.8. The van der Waals surface area contributed by atoms with E-state index in [1.807, 2.05) is 0 Å². The average Bonchev–Trinajstić information content (AvgIpc) is 2.97. The molecule has 114 valence electrons. The van der Waals surface area contributed by atoms with Crippen LogP contribution in [0.5, 0.6) is 0 Å². The molecule has 0 bridgehead atoms. The standard InChI is InChI=1S/C15H11ClFNO3S/c16-8-4-2-5-9(17)12(8)13(19)18-14-11(15(20)21)7-3-1-6-10(7)22-14/h2,4-5H,1,3,6H2,(H,18,19)(H,20,21). The number of rotatable bonds is 3. The lowest BCUT2D eigenvalue weighted by molar-refractivity contribution is 0.0697. The van der Waals surface area contributed by atoms with Crippen molar-refractivity contribution in [2.75, 3.05) is 5.32 Å². The Balaban J connectivity index is 1.97. The number of carboxylic acids is 1. The Morgan fingerprint density at radius 1 is 1.27 bits per heavy atom. The fourth-order valence-corrected chi connectivity index (χ4v) is 4.12. The molecular formula is C15H11ClFNO3S. The van der Waals surface area contributed by atoms with Crippen LogP contribution in [-0.4, -0.2) is 17.0 Å². The molecule has 0 atom stereocenters. The Kier molecular flexibility index (Phi) is 3.88. The predicted molar refractivity (Wildman–Crippen MR) is 82.7 cm³/mol. The van der Waals surface area contributed by atoms with Gasteiger partial charge in [0.15, 0.2) is 0 Å². The van der Waals surface area contributed by atoms with E-state index in [1.54, 1.807) is 0 Å². The number of amides is 1. The lowest BCUT2D eigenvalue weighted by atomic mass is 10.1. The van der Waals surface area contributed by atoms with Crippen LogP contribution < -0.4 is 5.32 Å². The van der Waals surface area contributed by atoms with E-state index in [2.05, 4.69) is 5.32 Å². The van der Waals surface area contributed by atoms with Crippen LogP contribution in [0, 0.1) is 5.82 Å². The number of carboxylic acid groups (broad SMARTS) is 1. The van der Waals surface area contributed by atoms with E-state index in [-0.39, 0.29) is 21.2 Å². The first-order valence-corrected chi connectivity index (χ1v) is 7.81. The zero-order chi connectivity index (χ0) is 15.9. The molecule has 1 aromatic heterocycles. The van der Waals surface area contributed by atoms with E-state index < -0.39 is 17.7 Å². The van der Waals surface area contributed by atoms with Gasteiger partial charge in [0.1, 0.15) is 10.8 Å². The molecule has 2 N–H and O–H groups in total. The number of carbonyl (C=O) groups excluding carboxylic acids is 1. The second-order valence-corrected chi connectivity index (χ2v) is 6.43. The Labute approximate surface area is 134 Å². The minimum atomic E-state index is -1.09. The summed E-state index contributed by atoms with van der Waals surface area (Å²) in [6.45, 7) is 0. The predicted octanol–water partition coefficient (Wildman–Crippen LogP) is 3.98. The van der Waals surface area contributed by atoms with Crippen molar-refractivity contribution in [2.45, 2.75) is 19.3 Å². The summed E-state index contributed by atoms with van der Waals surface area (Å²) in [7, 11) is 0. The Morgan fingerprint density at radius 3 is 2.73 bits per heavy atom. The third-order valence-corrected chi connectivity index (χ3v) is 5.07. The number of thiophene rings is 1. The van der Waals surface area contributed by atoms with Gasteiger partial charge in [0.25, 0.3) is 5.91 Å². The van der Waals surface area contributed by atoms with Crippen LogP contribution in [0.15, 0.2) is 18.2 Å². The zero-order valence-electron chi connectivity index (χ0n) is 11.3. The van der Waals surface area contributed by atoms with Crippen molar-refractivity contribution in [3.05, 3.63) is 50.6 Å². The van der Waals surface area contributed by atoms with Crippen LogP contribution in [0.2, 0.25) is 5.02 Å². The molecule has 0 spiro atoms. The van der Waals surface area contributed by atoms with Crippen molar-refractivity contribution in [1.29, 1.82) is 0 Å². The minimum Gasteiger partial charge on any atom is -0.478 e. The minimum absolute atomic E-state index is 0.0153. The maximum Gasteiger partial charge on any atom is 0.339 e. The van der Waals surface area contributed by atoms with E-state index >= 15 is 0 Å². The van der Waals surface area contributed by atoms with Crippen LogP contribution in [0.3, 0.4) is 0 Å². The number of aromatic carboxylic acids is 1. The third-order valence-electron chi connectivity index (χ3n) is 3.55. The SMILES string of the molecule is O=C(Nc1sc2c(c1C(=O)O)CCC2)c1c(F)cccc1Cl. The molecule has 1 aliphatic rings. The number of hydrogen-bond donors (Lipinski definition) is 2. The van der Waals surface area contributed by atoms with E-state index in [4.69, 9.17) is 11.6 Å². The van der Waals surface area contributed by atoms with Crippen molar-refractivity contribution >= 4 is 39.8 Å². The van der Waals surface area contributed by atoms with Crippen LogP contribution in [-0.2, 0) is 12.8 Å². The van der Waals surface area contributed by atoms with Gasteiger partial charge >= 0.3 is 5.97 Å². The summed E-state index contributed by atoms with van der Waals surface area (Å²) >= 11 is 7.09. The molecule has 0 saturated carbocycles. The van der Waals surface area contributed by atoms with E-state index in [9.17, 15) is 19.1 Å². The number of fused-ring (bicyclic) bond motifs is 1. The fraction of sp³-hybridized carbons (Fsp3) is 0.200. The highest BCUT2D eigenvalue weighted by Crippen LogP contribution is 2.39. The van der Waals surface area contributed by atoms with Crippen molar-refractivity contribution in [2.24, 2.45) is 0 Å². The van der Waals surface area contributed by atoms with Gasteiger partial charge < -0.3 is 10.4 Å². The molecule has 4 nitrogen and oxygen atoms in total. The van der Waals surface area contributed by atoms with Crippen molar-refractivity contribution in [1.82, 2.24) is 0 Å². The summed E-state index contributed by atoms with van der Waals surface area (Å²) in [6.07, 6.45) is 2.40. The first kappa shape index (κ1) is 15.0. The molecule has 0 saturated heterocycles. The molecule has 0 radical (unpaired) electrons. The Hall–Kier alpha value is -1.92. The first-order chi connectivity index (χ1) is 10.5. The van der Waals surface area contributed by atoms with Gasteiger partial charge in [-0.05, 0) is 37.0 Å². The monoisotopic (exact) mass is 339 g/mol. The molecule has 0 fully saturated rings. The third kappa shape index (κ3) is 2.48.